The van der Waals surface area contributed by atoms with Crippen molar-refractivity contribution in [2.24, 2.45) is 0 Å². The lowest BCUT2D eigenvalue weighted by atomic mass is 10.0. The van der Waals surface area contributed by atoms with E-state index in [1.54, 1.807) is 12.1 Å². The third-order valence-electron chi connectivity index (χ3n) is 4.69. The molecular formula is C22H18ClN3O2S. The number of thiophene rings is 1. The standard InChI is InChI=1S/C22H18ClN3O2S/c1-13-8-9-16(10-17(13)23)25-18(27)11-26-12-24-21-20(22(26)28)19(14(2)29-21)15-6-4-3-5-7-15/h3-10,12H,11H2,1-2H3,(H,25,27). The number of nitrogens with one attached hydrogen (secondary N) is 1. The lowest BCUT2D eigenvalue weighted by Gasteiger charge is -2.09. The van der Waals surface area contributed by atoms with E-state index in [2.05, 4.69) is 10.3 Å². The fourth-order valence-corrected chi connectivity index (χ4v) is 4.41. The number of nitrogens with zero attached hydrogens (tertiary/aromatic N) is 2. The number of fused-ring (bicyclic) bond motifs is 1. The molecule has 0 saturated heterocycles. The molecule has 146 valence electrons. The van der Waals surface area contributed by atoms with Gasteiger partial charge in [-0.1, -0.05) is 48.0 Å². The second-order valence-corrected chi connectivity index (χ2v) is 8.38. The molecule has 0 saturated carbocycles. The first-order valence-corrected chi connectivity index (χ1v) is 10.2. The zero-order valence-electron chi connectivity index (χ0n) is 15.9. The van der Waals surface area contributed by atoms with E-state index in [1.165, 1.54) is 22.2 Å². The minimum absolute atomic E-state index is 0.129. The van der Waals surface area contributed by atoms with Crippen molar-refractivity contribution in [2.75, 3.05) is 5.32 Å². The molecule has 1 N–H and O–H groups in total. The summed E-state index contributed by atoms with van der Waals surface area (Å²) in [7, 11) is 0. The molecule has 2 aromatic heterocycles. The number of hydrogen-bond donors (Lipinski definition) is 1. The van der Waals surface area contributed by atoms with Crippen LogP contribution in [-0.2, 0) is 11.3 Å². The van der Waals surface area contributed by atoms with E-state index in [1.807, 2.05) is 50.2 Å². The summed E-state index contributed by atoms with van der Waals surface area (Å²) in [6.07, 6.45) is 1.43. The number of carbonyl (C=O) groups excluding carboxylic acids is 1. The van der Waals surface area contributed by atoms with Crippen LogP contribution >= 0.6 is 22.9 Å². The number of rotatable bonds is 4. The smallest absolute Gasteiger partial charge is 0.263 e. The maximum atomic E-state index is 13.2. The summed E-state index contributed by atoms with van der Waals surface area (Å²) in [6.45, 7) is 3.74. The topological polar surface area (TPSA) is 64.0 Å². The van der Waals surface area contributed by atoms with Gasteiger partial charge in [-0.3, -0.25) is 14.2 Å². The number of benzene rings is 2. The molecule has 2 heterocycles. The van der Waals surface area contributed by atoms with E-state index in [9.17, 15) is 9.59 Å². The SMILES string of the molecule is Cc1ccc(NC(=O)Cn2cnc3sc(C)c(-c4ccccc4)c3c2=O)cc1Cl. The number of aromatic nitrogens is 2. The second-order valence-electron chi connectivity index (χ2n) is 6.77. The first-order valence-electron chi connectivity index (χ1n) is 9.04. The van der Waals surface area contributed by atoms with E-state index in [0.717, 1.165) is 21.6 Å². The van der Waals surface area contributed by atoms with E-state index in [0.29, 0.717) is 20.9 Å². The van der Waals surface area contributed by atoms with Gasteiger partial charge in [0.2, 0.25) is 5.91 Å². The molecule has 0 unspecified atom stereocenters. The summed E-state index contributed by atoms with van der Waals surface area (Å²) in [6, 6.07) is 15.1. The van der Waals surface area contributed by atoms with Gasteiger partial charge >= 0.3 is 0 Å². The Morgan fingerprint density at radius 1 is 1.17 bits per heavy atom. The van der Waals surface area contributed by atoms with Gasteiger partial charge in [-0.2, -0.15) is 0 Å². The van der Waals surface area contributed by atoms with Gasteiger partial charge in [-0.25, -0.2) is 4.98 Å². The summed E-state index contributed by atoms with van der Waals surface area (Å²) < 4.78 is 1.34. The lowest BCUT2D eigenvalue weighted by molar-refractivity contribution is -0.116. The largest absolute Gasteiger partial charge is 0.324 e. The zero-order valence-corrected chi connectivity index (χ0v) is 17.5. The Morgan fingerprint density at radius 2 is 1.93 bits per heavy atom. The van der Waals surface area contributed by atoms with Crippen molar-refractivity contribution in [1.29, 1.82) is 0 Å². The van der Waals surface area contributed by atoms with Crippen LogP contribution in [0.4, 0.5) is 5.69 Å². The first-order chi connectivity index (χ1) is 13.9. The van der Waals surface area contributed by atoms with Gasteiger partial charge in [0, 0.05) is 21.2 Å². The molecule has 0 atom stereocenters. The third-order valence-corrected chi connectivity index (χ3v) is 6.11. The van der Waals surface area contributed by atoms with Crippen molar-refractivity contribution in [3.63, 3.8) is 0 Å². The van der Waals surface area contributed by atoms with Crippen LogP contribution in [0.25, 0.3) is 21.3 Å². The summed E-state index contributed by atoms with van der Waals surface area (Å²) >= 11 is 7.59. The van der Waals surface area contributed by atoms with Crippen LogP contribution in [0.5, 0.6) is 0 Å². The number of halogens is 1. The molecule has 29 heavy (non-hydrogen) atoms. The lowest BCUT2D eigenvalue weighted by Crippen LogP contribution is -2.27. The third kappa shape index (κ3) is 3.81. The molecule has 5 nitrogen and oxygen atoms in total. The minimum atomic E-state index is -0.318. The highest BCUT2D eigenvalue weighted by Crippen LogP contribution is 2.35. The van der Waals surface area contributed by atoms with E-state index in [4.69, 9.17) is 11.6 Å². The fourth-order valence-electron chi connectivity index (χ4n) is 3.23. The van der Waals surface area contributed by atoms with Gasteiger partial charge in [0.25, 0.3) is 5.56 Å². The zero-order chi connectivity index (χ0) is 20.5. The number of aryl methyl sites for hydroxylation is 2. The molecule has 4 rings (SSSR count). The summed E-state index contributed by atoms with van der Waals surface area (Å²) in [5.74, 6) is -0.318. The Morgan fingerprint density at radius 3 is 2.66 bits per heavy atom. The Labute approximate surface area is 176 Å². The number of anilines is 1. The Bertz CT molecular complexity index is 1280. The maximum absolute atomic E-state index is 13.2. The van der Waals surface area contributed by atoms with Crippen molar-refractivity contribution in [2.45, 2.75) is 20.4 Å². The Hall–Kier alpha value is -2.96. The van der Waals surface area contributed by atoms with Crippen LogP contribution in [0.15, 0.2) is 59.7 Å². The monoisotopic (exact) mass is 423 g/mol. The van der Waals surface area contributed by atoms with Gasteiger partial charge in [0.05, 0.1) is 11.7 Å². The molecule has 7 heteroatoms. The molecule has 0 bridgehead atoms. The number of hydrogen-bond acceptors (Lipinski definition) is 4. The highest BCUT2D eigenvalue weighted by atomic mass is 35.5. The van der Waals surface area contributed by atoms with Crippen molar-refractivity contribution < 1.29 is 4.79 Å². The molecule has 0 aliphatic rings. The average Bonchev–Trinajstić information content (AvgIpc) is 3.04. The van der Waals surface area contributed by atoms with Gasteiger partial charge in [-0.15, -0.1) is 11.3 Å². The normalized spacial score (nSPS) is 11.0. The van der Waals surface area contributed by atoms with Crippen molar-refractivity contribution in [3.05, 3.63) is 80.7 Å². The van der Waals surface area contributed by atoms with Crippen molar-refractivity contribution >= 4 is 44.7 Å². The van der Waals surface area contributed by atoms with Crippen LogP contribution in [0, 0.1) is 13.8 Å². The Kier molecular flexibility index (Phi) is 5.22. The quantitative estimate of drug-likeness (QED) is 0.500. The summed E-state index contributed by atoms with van der Waals surface area (Å²) in [4.78, 5) is 31.7. The average molecular weight is 424 g/mol. The van der Waals surface area contributed by atoms with E-state index >= 15 is 0 Å². The van der Waals surface area contributed by atoms with Crippen molar-refractivity contribution in [3.8, 4) is 11.1 Å². The fraction of sp³-hybridized carbons (Fsp3) is 0.136. The molecule has 0 aliphatic heterocycles. The van der Waals surface area contributed by atoms with Crippen LogP contribution in [0.3, 0.4) is 0 Å². The van der Waals surface area contributed by atoms with Gasteiger partial charge in [-0.05, 0) is 37.1 Å². The van der Waals surface area contributed by atoms with Gasteiger partial charge < -0.3 is 5.32 Å². The predicted molar refractivity (Wildman–Crippen MR) is 119 cm³/mol. The predicted octanol–water partition coefficient (Wildman–Crippen LogP) is 5.03. The maximum Gasteiger partial charge on any atom is 0.263 e. The van der Waals surface area contributed by atoms with Crippen LogP contribution in [0.1, 0.15) is 10.4 Å². The van der Waals surface area contributed by atoms with Gasteiger partial charge in [0.15, 0.2) is 0 Å². The molecule has 0 radical (unpaired) electrons. The van der Waals surface area contributed by atoms with Crippen LogP contribution < -0.4 is 10.9 Å². The van der Waals surface area contributed by atoms with Crippen LogP contribution in [0.2, 0.25) is 5.02 Å². The second kappa shape index (κ2) is 7.81. The van der Waals surface area contributed by atoms with E-state index < -0.39 is 0 Å². The van der Waals surface area contributed by atoms with Crippen LogP contribution in [-0.4, -0.2) is 15.5 Å². The summed E-state index contributed by atoms with van der Waals surface area (Å²) in [5, 5.41) is 3.90. The highest BCUT2D eigenvalue weighted by Gasteiger charge is 2.17. The molecule has 1 amide bonds. The van der Waals surface area contributed by atoms with Crippen molar-refractivity contribution in [1.82, 2.24) is 9.55 Å². The first kappa shape index (κ1) is 19.4. The molecule has 4 aromatic rings. The minimum Gasteiger partial charge on any atom is -0.324 e. The van der Waals surface area contributed by atoms with E-state index in [-0.39, 0.29) is 18.0 Å². The van der Waals surface area contributed by atoms with Gasteiger partial charge in [0.1, 0.15) is 11.4 Å². The molecule has 0 spiro atoms. The molecule has 0 aliphatic carbocycles. The number of amides is 1. The molecular weight excluding hydrogens is 406 g/mol. The Balaban J connectivity index is 1.68. The number of carbonyl (C=O) groups is 1. The highest BCUT2D eigenvalue weighted by molar-refractivity contribution is 7.19. The summed E-state index contributed by atoms with van der Waals surface area (Å²) in [5.41, 5.74) is 3.13. The molecule has 2 aromatic carbocycles. The molecule has 0 fully saturated rings.